The monoisotopic (exact) mass is 754 g/mol. The third-order valence-electron chi connectivity index (χ3n) is 10.5. The van der Waals surface area contributed by atoms with Crippen LogP contribution in [0.4, 0.5) is 0 Å². The van der Waals surface area contributed by atoms with Crippen molar-refractivity contribution in [3.05, 3.63) is 243 Å². The Morgan fingerprint density at radius 1 is 0.241 bits per heavy atom. The molecule has 0 unspecified atom stereocenters. The second-order valence-electron chi connectivity index (χ2n) is 13.2. The molecule has 6 heteroatoms. The van der Waals surface area contributed by atoms with Crippen molar-refractivity contribution < 1.29 is 12.9 Å². The average molecular weight is 755 g/mol. The summed E-state index contributed by atoms with van der Waals surface area (Å²) in [5.74, 6) is 0. The van der Waals surface area contributed by atoms with Gasteiger partial charge < -0.3 is 0 Å². The van der Waals surface area contributed by atoms with E-state index in [1.807, 2.05) is 146 Å². The molecular weight excluding hydrogens is 715 g/mol. The van der Waals surface area contributed by atoms with Crippen molar-refractivity contribution in [2.75, 3.05) is 0 Å². The zero-order chi connectivity index (χ0) is 36.8. The molecule has 0 aliphatic rings. The number of benzene rings is 8. The molecule has 8 aromatic rings. The molecule has 0 aromatic heterocycles. The van der Waals surface area contributed by atoms with E-state index in [0.717, 1.165) is 42.4 Å². The van der Waals surface area contributed by atoms with Gasteiger partial charge in [-0.1, -0.05) is 0 Å². The molecule has 0 fully saturated rings. The average Bonchev–Trinajstić information content (AvgIpc) is 3.27. The standard InChI is InChI=1S/C48H40O3P2Si/c49-54(50-52(41-25-9-1-10-26-41,42-27-11-2-12-28-42,43-29-13-3-14-30-43)44-31-15-4-16-32-44)51-53(45-33-17-5-18-34-45,46-35-19-6-20-36-46,47-37-21-7-22-38-47)48-39-23-8-24-40-48/h1-40H. The summed E-state index contributed by atoms with van der Waals surface area (Å²) < 4.78 is 31.9. The van der Waals surface area contributed by atoms with Crippen molar-refractivity contribution in [3.8, 4) is 0 Å². The normalized spacial score (nSPS) is 13.0. The van der Waals surface area contributed by atoms with Gasteiger partial charge in [0.2, 0.25) is 0 Å². The summed E-state index contributed by atoms with van der Waals surface area (Å²) in [5.41, 5.74) is 0. The van der Waals surface area contributed by atoms with Gasteiger partial charge >= 0.3 is 321 Å². The van der Waals surface area contributed by atoms with Crippen LogP contribution in [0, 0.1) is 0 Å². The molecule has 0 saturated carbocycles. The number of hydrogen-bond donors (Lipinski definition) is 0. The van der Waals surface area contributed by atoms with Gasteiger partial charge in [0.15, 0.2) is 0 Å². The van der Waals surface area contributed by atoms with Crippen LogP contribution in [0.25, 0.3) is 0 Å². The third kappa shape index (κ3) is 5.25. The number of rotatable bonds is 12. The molecule has 0 spiro atoms. The Morgan fingerprint density at radius 3 is 0.500 bits per heavy atom. The quantitative estimate of drug-likeness (QED) is 0.0939. The van der Waals surface area contributed by atoms with E-state index in [1.54, 1.807) is 0 Å². The second kappa shape index (κ2) is 14.6. The van der Waals surface area contributed by atoms with E-state index >= 15 is 4.46 Å². The van der Waals surface area contributed by atoms with Crippen LogP contribution in [0.2, 0.25) is 0 Å². The minimum absolute atomic E-state index is 0.924. The van der Waals surface area contributed by atoms with E-state index in [-0.39, 0.29) is 0 Å². The molecule has 0 N–H and O–H groups in total. The van der Waals surface area contributed by atoms with Gasteiger partial charge in [-0.25, -0.2) is 0 Å². The van der Waals surface area contributed by atoms with Crippen LogP contribution in [0.15, 0.2) is 243 Å². The van der Waals surface area contributed by atoms with Gasteiger partial charge in [-0.15, -0.1) is 0 Å². The maximum atomic E-state index is 16.3. The molecule has 0 bridgehead atoms. The predicted octanol–water partition coefficient (Wildman–Crippen LogP) is 7.98. The van der Waals surface area contributed by atoms with Crippen LogP contribution in [0.3, 0.4) is 0 Å². The van der Waals surface area contributed by atoms with Gasteiger partial charge in [0.25, 0.3) is 0 Å². The van der Waals surface area contributed by atoms with Crippen LogP contribution in [-0.2, 0) is 12.9 Å². The molecule has 3 nitrogen and oxygen atoms in total. The van der Waals surface area contributed by atoms with E-state index in [2.05, 4.69) is 97.1 Å². The molecule has 0 aliphatic carbocycles. The summed E-state index contributed by atoms with van der Waals surface area (Å²) in [5, 5.41) is 7.39. The van der Waals surface area contributed by atoms with Crippen LogP contribution in [-0.4, -0.2) is 9.17 Å². The van der Waals surface area contributed by atoms with E-state index in [0.29, 0.717) is 0 Å². The first-order valence-electron chi connectivity index (χ1n) is 18.1. The predicted molar refractivity (Wildman–Crippen MR) is 231 cm³/mol. The molecular formula is C48H40O3P2Si. The molecule has 0 aliphatic heterocycles. The van der Waals surface area contributed by atoms with E-state index < -0.39 is 22.8 Å². The summed E-state index contributed by atoms with van der Waals surface area (Å²) in [7, 11) is -3.53. The van der Waals surface area contributed by atoms with Gasteiger partial charge in [-0.05, 0) is 0 Å². The molecule has 0 atom stereocenters. The Bertz CT molecular complexity index is 1940. The van der Waals surface area contributed by atoms with Gasteiger partial charge in [0.05, 0.1) is 0 Å². The fourth-order valence-electron chi connectivity index (χ4n) is 8.22. The van der Waals surface area contributed by atoms with E-state index in [4.69, 9.17) is 8.43 Å². The van der Waals surface area contributed by atoms with Crippen LogP contribution >= 0.6 is 13.7 Å². The minimum atomic E-state index is -4.37. The molecule has 0 heterocycles. The summed E-state index contributed by atoms with van der Waals surface area (Å²) in [6, 6.07) is 82.5. The SMILES string of the molecule is O=[Si](OP(c1ccccc1)(c1ccccc1)(c1ccccc1)c1ccccc1)OP(c1ccccc1)(c1ccccc1)(c1ccccc1)c1ccccc1. The topological polar surface area (TPSA) is 35.5 Å². The van der Waals surface area contributed by atoms with Gasteiger partial charge in [-0.2, -0.15) is 0 Å². The summed E-state index contributed by atoms with van der Waals surface area (Å²) >= 11 is 0. The second-order valence-corrected chi connectivity index (χ2v) is 23.4. The Kier molecular flexibility index (Phi) is 9.52. The Labute approximate surface area is 319 Å². The fraction of sp³-hybridized carbons (Fsp3) is 0. The zero-order valence-corrected chi connectivity index (χ0v) is 32.5. The Morgan fingerprint density at radius 2 is 0.370 bits per heavy atom. The third-order valence-corrected chi connectivity index (χ3v) is 24.9. The first kappa shape index (κ1) is 35.3. The first-order valence-corrected chi connectivity index (χ1v) is 23.6. The molecule has 54 heavy (non-hydrogen) atoms. The summed E-state index contributed by atoms with van der Waals surface area (Å²) in [6.07, 6.45) is 0. The molecule has 0 amide bonds. The van der Waals surface area contributed by atoms with Crippen molar-refractivity contribution in [3.63, 3.8) is 0 Å². The fourth-order valence-corrected chi connectivity index (χ4v) is 23.9. The van der Waals surface area contributed by atoms with Crippen LogP contribution in [0.5, 0.6) is 0 Å². The first-order chi connectivity index (χ1) is 26.6. The van der Waals surface area contributed by atoms with Crippen molar-refractivity contribution in [1.29, 1.82) is 0 Å². The Balaban J connectivity index is 1.52. The van der Waals surface area contributed by atoms with Crippen LogP contribution < -0.4 is 42.4 Å². The number of hydrogen-bond acceptors (Lipinski definition) is 3. The van der Waals surface area contributed by atoms with Gasteiger partial charge in [0, 0.05) is 0 Å². The maximum absolute atomic E-state index is 16.3. The molecule has 0 saturated heterocycles. The van der Waals surface area contributed by atoms with Crippen molar-refractivity contribution in [1.82, 2.24) is 0 Å². The molecule has 8 rings (SSSR count). The van der Waals surface area contributed by atoms with Crippen molar-refractivity contribution in [2.24, 2.45) is 0 Å². The molecule has 264 valence electrons. The van der Waals surface area contributed by atoms with E-state index in [9.17, 15) is 0 Å². The summed E-state index contributed by atoms with van der Waals surface area (Å²) in [6.45, 7) is -8.74. The molecule has 8 aromatic carbocycles. The van der Waals surface area contributed by atoms with Crippen molar-refractivity contribution in [2.45, 2.75) is 0 Å². The van der Waals surface area contributed by atoms with Gasteiger partial charge in [0.1, 0.15) is 0 Å². The van der Waals surface area contributed by atoms with Crippen LogP contribution in [0.1, 0.15) is 0 Å². The zero-order valence-electron chi connectivity index (χ0n) is 29.7. The van der Waals surface area contributed by atoms with Gasteiger partial charge in [-0.3, -0.25) is 0 Å². The Hall–Kier alpha value is -5.76. The molecule has 0 radical (unpaired) electrons. The summed E-state index contributed by atoms with van der Waals surface area (Å²) in [4.78, 5) is 0. The van der Waals surface area contributed by atoms with Crippen molar-refractivity contribution >= 4 is 65.3 Å². The van der Waals surface area contributed by atoms with E-state index in [1.165, 1.54) is 0 Å².